The Morgan fingerprint density at radius 3 is 2.58 bits per heavy atom. The zero-order chi connectivity index (χ0) is 9.56. The second kappa shape index (κ2) is 5.55. The molecule has 0 rings (SSSR count). The molecule has 66 valence electrons. The van der Waals surface area contributed by atoms with Crippen LogP contribution >= 0.6 is 11.6 Å². The molecule has 0 aromatic carbocycles. The van der Waals surface area contributed by atoms with Crippen molar-refractivity contribution in [3.63, 3.8) is 0 Å². The molecule has 0 atom stereocenters. The number of hydrogen-bond donors (Lipinski definition) is 0. The average molecular weight is 189 g/mol. The van der Waals surface area contributed by atoms with Gasteiger partial charge in [-0.25, -0.2) is 4.79 Å². The molecule has 0 aromatic rings. The van der Waals surface area contributed by atoms with Crippen LogP contribution in [0.15, 0.2) is 24.5 Å². The Labute approximate surface area is 75.7 Å². The normalized spacial score (nSPS) is 9.83. The summed E-state index contributed by atoms with van der Waals surface area (Å²) in [5.74, 6) is -0.999. The predicted octanol–water partition coefficient (Wildman–Crippen LogP) is 1.43. The predicted molar refractivity (Wildman–Crippen MR) is 45.8 cm³/mol. The Kier molecular flexibility index (Phi) is 5.04. The third-order valence-corrected chi connectivity index (χ3v) is 1.17. The Balaban J connectivity index is 3.83. The average Bonchev–Trinajstić information content (AvgIpc) is 2.03. The molecule has 0 unspecified atom stereocenters. The number of hydrogen-bond acceptors (Lipinski definition) is 3. The van der Waals surface area contributed by atoms with Gasteiger partial charge >= 0.3 is 5.97 Å². The van der Waals surface area contributed by atoms with Gasteiger partial charge in [0.05, 0.1) is 12.1 Å². The number of alkyl halides is 1. The van der Waals surface area contributed by atoms with E-state index in [1.54, 1.807) is 0 Å². The maximum atomic E-state index is 10.7. The van der Waals surface area contributed by atoms with Gasteiger partial charge in [-0.05, 0) is 6.92 Å². The highest BCUT2D eigenvalue weighted by atomic mass is 35.5. The minimum Gasteiger partial charge on any atom is -0.431 e. The van der Waals surface area contributed by atoms with Gasteiger partial charge in [-0.2, -0.15) is 0 Å². The summed E-state index contributed by atoms with van der Waals surface area (Å²) < 4.78 is 4.48. The molecule has 0 saturated carbocycles. The number of ketones is 1. The summed E-state index contributed by atoms with van der Waals surface area (Å²) in [5, 5.41) is 0. The smallest absolute Gasteiger partial charge is 0.337 e. The highest BCUT2D eigenvalue weighted by Gasteiger charge is 1.99. The molecule has 0 heterocycles. The van der Waals surface area contributed by atoms with Crippen molar-refractivity contribution in [1.82, 2.24) is 0 Å². The number of halogens is 1. The van der Waals surface area contributed by atoms with E-state index in [-0.39, 0.29) is 17.2 Å². The highest BCUT2D eigenvalue weighted by molar-refractivity contribution is 6.29. The third-order valence-electron chi connectivity index (χ3n) is 0.909. The van der Waals surface area contributed by atoms with E-state index in [4.69, 9.17) is 11.6 Å². The van der Waals surface area contributed by atoms with Crippen LogP contribution in [-0.2, 0) is 14.3 Å². The van der Waals surface area contributed by atoms with Gasteiger partial charge in [-0.3, -0.25) is 4.79 Å². The molecule has 4 heteroatoms. The summed E-state index contributed by atoms with van der Waals surface area (Å²) in [6, 6.07) is 0. The van der Waals surface area contributed by atoms with Gasteiger partial charge in [0.2, 0.25) is 0 Å². The molecule has 0 amide bonds. The summed E-state index contributed by atoms with van der Waals surface area (Å²) in [7, 11) is 0. The SMILES string of the molecule is C=C(C)C(=O)OC=CC(=O)CCl. The molecule has 0 bridgehead atoms. The highest BCUT2D eigenvalue weighted by Crippen LogP contribution is 1.92. The zero-order valence-electron chi connectivity index (χ0n) is 6.67. The van der Waals surface area contributed by atoms with Crippen LogP contribution in [-0.4, -0.2) is 17.6 Å². The molecule has 0 N–H and O–H groups in total. The van der Waals surface area contributed by atoms with Gasteiger partial charge in [0.1, 0.15) is 0 Å². The van der Waals surface area contributed by atoms with E-state index in [1.807, 2.05) is 0 Å². The van der Waals surface area contributed by atoms with Gasteiger partial charge in [0, 0.05) is 11.6 Å². The summed E-state index contributed by atoms with van der Waals surface area (Å²) in [5.41, 5.74) is 0.276. The molecule has 0 saturated heterocycles. The van der Waals surface area contributed by atoms with Gasteiger partial charge in [-0.1, -0.05) is 6.58 Å². The van der Waals surface area contributed by atoms with Crippen LogP contribution in [0.5, 0.6) is 0 Å². The lowest BCUT2D eigenvalue weighted by Gasteiger charge is -1.94. The Morgan fingerprint density at radius 1 is 1.58 bits per heavy atom. The van der Waals surface area contributed by atoms with Crippen LogP contribution in [0.1, 0.15) is 6.92 Å². The van der Waals surface area contributed by atoms with Crippen molar-refractivity contribution in [2.24, 2.45) is 0 Å². The first-order valence-electron chi connectivity index (χ1n) is 3.19. The van der Waals surface area contributed by atoms with Crippen molar-refractivity contribution in [3.05, 3.63) is 24.5 Å². The summed E-state index contributed by atoms with van der Waals surface area (Å²) in [6.45, 7) is 4.87. The Hall–Kier alpha value is -1.09. The van der Waals surface area contributed by atoms with Crippen LogP contribution in [0.2, 0.25) is 0 Å². The quantitative estimate of drug-likeness (QED) is 0.290. The Morgan fingerprint density at radius 2 is 2.17 bits per heavy atom. The van der Waals surface area contributed by atoms with E-state index in [2.05, 4.69) is 11.3 Å². The van der Waals surface area contributed by atoms with E-state index < -0.39 is 5.97 Å². The lowest BCUT2D eigenvalue weighted by Crippen LogP contribution is -2.00. The minimum atomic E-state index is -0.561. The van der Waals surface area contributed by atoms with Crippen molar-refractivity contribution in [2.75, 3.05) is 5.88 Å². The van der Waals surface area contributed by atoms with Gasteiger partial charge in [0.25, 0.3) is 0 Å². The fraction of sp³-hybridized carbons (Fsp3) is 0.250. The topological polar surface area (TPSA) is 43.4 Å². The maximum absolute atomic E-state index is 10.7. The molecule has 0 aromatic heterocycles. The van der Waals surface area contributed by atoms with Crippen molar-refractivity contribution < 1.29 is 14.3 Å². The summed E-state index contributed by atoms with van der Waals surface area (Å²) in [6.07, 6.45) is 2.09. The van der Waals surface area contributed by atoms with E-state index in [0.717, 1.165) is 12.3 Å². The van der Waals surface area contributed by atoms with Crippen molar-refractivity contribution in [3.8, 4) is 0 Å². The molecule has 0 aliphatic rings. The van der Waals surface area contributed by atoms with Crippen molar-refractivity contribution >= 4 is 23.4 Å². The first kappa shape index (κ1) is 10.9. The lowest BCUT2D eigenvalue weighted by molar-refractivity contribution is -0.133. The third kappa shape index (κ3) is 4.68. The number of ether oxygens (including phenoxy) is 1. The zero-order valence-corrected chi connectivity index (χ0v) is 7.43. The fourth-order valence-electron chi connectivity index (χ4n) is 0.317. The maximum Gasteiger partial charge on any atom is 0.337 e. The first-order valence-corrected chi connectivity index (χ1v) is 3.73. The fourth-order valence-corrected chi connectivity index (χ4v) is 0.406. The van der Waals surface area contributed by atoms with Gasteiger partial charge in [-0.15, -0.1) is 11.6 Å². The van der Waals surface area contributed by atoms with Crippen LogP contribution in [0.4, 0.5) is 0 Å². The molecule has 0 aliphatic carbocycles. The van der Waals surface area contributed by atoms with E-state index >= 15 is 0 Å². The van der Waals surface area contributed by atoms with Crippen LogP contribution in [0.3, 0.4) is 0 Å². The Bertz CT molecular complexity index is 230. The largest absolute Gasteiger partial charge is 0.431 e. The second-order valence-corrected chi connectivity index (χ2v) is 2.36. The number of carbonyl (C=O) groups excluding carboxylic acids is 2. The summed E-state index contributed by atoms with van der Waals surface area (Å²) >= 11 is 5.17. The minimum absolute atomic E-state index is 0.124. The second-order valence-electron chi connectivity index (χ2n) is 2.09. The van der Waals surface area contributed by atoms with E-state index in [9.17, 15) is 9.59 Å². The standard InChI is InChI=1S/C8H9ClO3/c1-6(2)8(11)12-4-3-7(10)5-9/h3-4H,1,5H2,2H3. The molecular weight excluding hydrogens is 180 g/mol. The molecule has 0 aliphatic heterocycles. The first-order chi connectivity index (χ1) is 5.57. The van der Waals surface area contributed by atoms with Crippen molar-refractivity contribution in [1.29, 1.82) is 0 Å². The van der Waals surface area contributed by atoms with Gasteiger partial charge < -0.3 is 4.74 Å². The number of esters is 1. The number of rotatable bonds is 4. The summed E-state index contributed by atoms with van der Waals surface area (Å²) in [4.78, 5) is 21.2. The molecule has 0 spiro atoms. The van der Waals surface area contributed by atoms with Gasteiger partial charge in [0.15, 0.2) is 5.78 Å². The monoisotopic (exact) mass is 188 g/mol. The van der Waals surface area contributed by atoms with Crippen LogP contribution in [0.25, 0.3) is 0 Å². The molecule has 0 radical (unpaired) electrons. The number of allylic oxidation sites excluding steroid dienone is 1. The van der Waals surface area contributed by atoms with E-state index in [1.165, 1.54) is 6.92 Å². The molecule has 0 fully saturated rings. The molecule has 12 heavy (non-hydrogen) atoms. The molecule has 3 nitrogen and oxygen atoms in total. The van der Waals surface area contributed by atoms with E-state index in [0.29, 0.717) is 0 Å². The van der Waals surface area contributed by atoms with Crippen LogP contribution in [0, 0.1) is 0 Å². The molecular formula is C8H9ClO3. The van der Waals surface area contributed by atoms with Crippen molar-refractivity contribution in [2.45, 2.75) is 6.92 Å². The van der Waals surface area contributed by atoms with Crippen LogP contribution < -0.4 is 0 Å². The number of carbonyl (C=O) groups is 2. The lowest BCUT2D eigenvalue weighted by atomic mass is 10.4.